The van der Waals surface area contributed by atoms with Crippen LogP contribution in [-0.4, -0.2) is 32.9 Å². The first-order chi connectivity index (χ1) is 11.6. The number of carbonyl (C=O) groups is 2. The molecule has 24 heavy (non-hydrogen) atoms. The number of Topliss-reactive ketones (excluding diaryl/α,β-unsaturated/α-hetero) is 2. The third kappa shape index (κ3) is 4.35. The van der Waals surface area contributed by atoms with Crippen molar-refractivity contribution >= 4 is 11.6 Å². The number of ketones is 2. The van der Waals surface area contributed by atoms with Crippen molar-refractivity contribution in [1.29, 1.82) is 0 Å². The van der Waals surface area contributed by atoms with Crippen molar-refractivity contribution in [3.05, 3.63) is 53.6 Å². The quantitative estimate of drug-likeness (QED) is 0.693. The van der Waals surface area contributed by atoms with Crippen LogP contribution >= 0.6 is 0 Å². The molecule has 126 valence electrons. The first kappa shape index (κ1) is 17.5. The summed E-state index contributed by atoms with van der Waals surface area (Å²) in [5.74, 6) is 1.55. The highest BCUT2D eigenvalue weighted by atomic mass is 16.5. The van der Waals surface area contributed by atoms with Gasteiger partial charge in [0.15, 0.2) is 11.6 Å². The highest BCUT2D eigenvalue weighted by Crippen LogP contribution is 2.24. The lowest BCUT2D eigenvalue weighted by Gasteiger charge is -2.08. The zero-order chi connectivity index (χ0) is 17.5. The van der Waals surface area contributed by atoms with Crippen molar-refractivity contribution < 1.29 is 23.8 Å². The first-order valence-corrected chi connectivity index (χ1v) is 7.51. The van der Waals surface area contributed by atoms with E-state index in [0.29, 0.717) is 28.4 Å². The molecule has 0 saturated carbocycles. The average Bonchev–Trinajstić information content (AvgIpc) is 2.65. The van der Waals surface area contributed by atoms with Crippen LogP contribution in [-0.2, 0) is 0 Å². The van der Waals surface area contributed by atoms with Gasteiger partial charge in [-0.2, -0.15) is 0 Å². The minimum atomic E-state index is -0.130. The third-order valence-electron chi connectivity index (χ3n) is 3.66. The number of methoxy groups -OCH3 is 3. The van der Waals surface area contributed by atoms with E-state index in [9.17, 15) is 9.59 Å². The number of carbonyl (C=O) groups excluding carboxylic acids is 2. The second kappa shape index (κ2) is 8.15. The Kier molecular flexibility index (Phi) is 5.95. The number of hydrogen-bond donors (Lipinski definition) is 0. The van der Waals surface area contributed by atoms with Crippen molar-refractivity contribution in [3.8, 4) is 17.2 Å². The van der Waals surface area contributed by atoms with Crippen LogP contribution in [0.25, 0.3) is 0 Å². The van der Waals surface area contributed by atoms with Crippen LogP contribution in [0.3, 0.4) is 0 Å². The van der Waals surface area contributed by atoms with Crippen molar-refractivity contribution in [2.45, 2.75) is 12.8 Å². The molecule has 0 amide bonds. The molecular weight excluding hydrogens is 308 g/mol. The van der Waals surface area contributed by atoms with Crippen LogP contribution in [0.2, 0.25) is 0 Å². The fourth-order valence-corrected chi connectivity index (χ4v) is 2.26. The van der Waals surface area contributed by atoms with Crippen molar-refractivity contribution in [2.75, 3.05) is 21.3 Å². The maximum Gasteiger partial charge on any atom is 0.163 e. The van der Waals surface area contributed by atoms with Gasteiger partial charge in [0, 0.05) is 30.0 Å². The summed E-state index contributed by atoms with van der Waals surface area (Å²) in [5.41, 5.74) is 1.03. The maximum atomic E-state index is 12.3. The Bertz CT molecular complexity index is 697. The summed E-state index contributed by atoms with van der Waals surface area (Å²) in [6.45, 7) is 0. The highest BCUT2D eigenvalue weighted by Gasteiger charge is 2.13. The Morgan fingerprint density at radius 2 is 1.12 bits per heavy atom. The molecule has 0 saturated heterocycles. The summed E-state index contributed by atoms with van der Waals surface area (Å²) in [6, 6.07) is 11.8. The molecule has 5 heteroatoms. The monoisotopic (exact) mass is 328 g/mol. The molecule has 0 fully saturated rings. The second-order valence-corrected chi connectivity index (χ2v) is 5.18. The fraction of sp³-hybridized carbons (Fsp3) is 0.263. The standard InChI is InChI=1S/C19H20O5/c1-22-15-6-4-13(5-7-15)18(20)8-9-19(21)14-10-16(23-2)12-17(11-14)24-3/h4-7,10-12H,8-9H2,1-3H3. The molecule has 0 aromatic heterocycles. The molecule has 0 spiro atoms. The number of rotatable bonds is 8. The van der Waals surface area contributed by atoms with Gasteiger partial charge in [0.05, 0.1) is 21.3 Å². The Morgan fingerprint density at radius 3 is 1.58 bits per heavy atom. The Hall–Kier alpha value is -2.82. The van der Waals surface area contributed by atoms with Crippen molar-refractivity contribution in [1.82, 2.24) is 0 Å². The smallest absolute Gasteiger partial charge is 0.163 e. The number of ether oxygens (including phenoxy) is 3. The predicted octanol–water partition coefficient (Wildman–Crippen LogP) is 3.56. The van der Waals surface area contributed by atoms with Gasteiger partial charge < -0.3 is 14.2 Å². The lowest BCUT2D eigenvalue weighted by atomic mass is 10.0. The Labute approximate surface area is 141 Å². The van der Waals surface area contributed by atoms with Crippen LogP contribution < -0.4 is 14.2 Å². The maximum absolute atomic E-state index is 12.3. The van der Waals surface area contributed by atoms with Crippen molar-refractivity contribution in [2.24, 2.45) is 0 Å². The molecule has 2 rings (SSSR count). The average molecular weight is 328 g/mol. The van der Waals surface area contributed by atoms with Gasteiger partial charge in [0.2, 0.25) is 0 Å². The molecule has 0 heterocycles. The highest BCUT2D eigenvalue weighted by molar-refractivity contribution is 6.02. The minimum absolute atomic E-state index is 0.0825. The molecule has 0 N–H and O–H groups in total. The van der Waals surface area contributed by atoms with Crippen LogP contribution in [0.15, 0.2) is 42.5 Å². The van der Waals surface area contributed by atoms with Crippen LogP contribution in [0, 0.1) is 0 Å². The van der Waals surface area contributed by atoms with E-state index in [1.807, 2.05) is 0 Å². The van der Waals surface area contributed by atoms with Gasteiger partial charge in [-0.15, -0.1) is 0 Å². The van der Waals surface area contributed by atoms with Gasteiger partial charge in [0.25, 0.3) is 0 Å². The van der Waals surface area contributed by atoms with E-state index in [1.165, 1.54) is 14.2 Å². The second-order valence-electron chi connectivity index (χ2n) is 5.18. The molecule has 5 nitrogen and oxygen atoms in total. The summed E-state index contributed by atoms with van der Waals surface area (Å²) < 4.78 is 15.4. The van der Waals surface area contributed by atoms with Gasteiger partial charge in [0.1, 0.15) is 17.2 Å². The molecule has 0 aliphatic carbocycles. The van der Waals surface area contributed by atoms with E-state index in [-0.39, 0.29) is 24.4 Å². The largest absolute Gasteiger partial charge is 0.497 e. The molecule has 0 aliphatic rings. The van der Waals surface area contributed by atoms with Crippen LogP contribution in [0.4, 0.5) is 0 Å². The van der Waals surface area contributed by atoms with Gasteiger partial charge in [-0.1, -0.05) is 0 Å². The van der Waals surface area contributed by atoms with E-state index in [1.54, 1.807) is 49.6 Å². The molecular formula is C19H20O5. The normalized spacial score (nSPS) is 10.1. The lowest BCUT2D eigenvalue weighted by Crippen LogP contribution is -2.06. The molecule has 2 aromatic carbocycles. The minimum Gasteiger partial charge on any atom is -0.497 e. The van der Waals surface area contributed by atoms with Gasteiger partial charge in [-0.25, -0.2) is 0 Å². The third-order valence-corrected chi connectivity index (χ3v) is 3.66. The predicted molar refractivity (Wildman–Crippen MR) is 90.4 cm³/mol. The summed E-state index contributed by atoms with van der Waals surface area (Å²) >= 11 is 0. The molecule has 0 atom stereocenters. The van der Waals surface area contributed by atoms with Gasteiger partial charge in [-0.05, 0) is 36.4 Å². The Morgan fingerprint density at radius 1 is 0.667 bits per heavy atom. The van der Waals surface area contributed by atoms with Gasteiger partial charge in [-0.3, -0.25) is 9.59 Å². The zero-order valence-corrected chi connectivity index (χ0v) is 14.0. The van der Waals surface area contributed by atoms with E-state index in [0.717, 1.165) is 0 Å². The fourth-order valence-electron chi connectivity index (χ4n) is 2.26. The molecule has 0 aliphatic heterocycles. The molecule has 0 radical (unpaired) electrons. The number of hydrogen-bond acceptors (Lipinski definition) is 5. The lowest BCUT2D eigenvalue weighted by molar-refractivity contribution is 0.0917. The van der Waals surface area contributed by atoms with E-state index >= 15 is 0 Å². The Balaban J connectivity index is 2.02. The van der Waals surface area contributed by atoms with Crippen LogP contribution in [0.5, 0.6) is 17.2 Å². The topological polar surface area (TPSA) is 61.8 Å². The summed E-state index contributed by atoms with van der Waals surface area (Å²) in [6.07, 6.45) is 0.270. The SMILES string of the molecule is COc1ccc(C(=O)CCC(=O)c2cc(OC)cc(OC)c2)cc1. The molecule has 0 unspecified atom stereocenters. The zero-order valence-electron chi connectivity index (χ0n) is 14.0. The van der Waals surface area contributed by atoms with Gasteiger partial charge >= 0.3 is 0 Å². The summed E-state index contributed by atoms with van der Waals surface area (Å²) in [5, 5.41) is 0. The molecule has 0 bridgehead atoms. The molecule has 2 aromatic rings. The summed E-state index contributed by atoms with van der Waals surface area (Å²) in [7, 11) is 4.62. The van der Waals surface area contributed by atoms with Crippen LogP contribution in [0.1, 0.15) is 33.6 Å². The first-order valence-electron chi connectivity index (χ1n) is 7.51. The van der Waals surface area contributed by atoms with E-state index in [2.05, 4.69) is 0 Å². The summed E-state index contributed by atoms with van der Waals surface area (Å²) in [4.78, 5) is 24.5. The van der Waals surface area contributed by atoms with E-state index in [4.69, 9.17) is 14.2 Å². The van der Waals surface area contributed by atoms with Crippen molar-refractivity contribution in [3.63, 3.8) is 0 Å². The van der Waals surface area contributed by atoms with E-state index < -0.39 is 0 Å². The number of benzene rings is 2.